The van der Waals surface area contributed by atoms with Crippen molar-refractivity contribution in [2.75, 3.05) is 0 Å². The molecular formula is C10H14. The summed E-state index contributed by atoms with van der Waals surface area (Å²) in [6.45, 7) is 7.96. The van der Waals surface area contributed by atoms with Crippen LogP contribution in [0.4, 0.5) is 0 Å². The van der Waals surface area contributed by atoms with Gasteiger partial charge in [0.2, 0.25) is 0 Å². The highest BCUT2D eigenvalue weighted by molar-refractivity contribution is 5.32. The summed E-state index contributed by atoms with van der Waals surface area (Å²) in [7, 11) is 0. The maximum absolute atomic E-state index is 2.98. The zero-order valence-corrected chi connectivity index (χ0v) is 7.15. The lowest BCUT2D eigenvalue weighted by atomic mass is 10.2. The Balaban J connectivity index is 4.26. The Kier molecular flexibility index (Phi) is 4.41. The van der Waals surface area contributed by atoms with E-state index in [2.05, 4.69) is 30.9 Å². The van der Waals surface area contributed by atoms with Gasteiger partial charge in [0.15, 0.2) is 0 Å². The summed E-state index contributed by atoms with van der Waals surface area (Å²) in [6, 6.07) is 0. The van der Waals surface area contributed by atoms with Crippen LogP contribution in [0.1, 0.15) is 27.7 Å². The van der Waals surface area contributed by atoms with E-state index in [1.54, 1.807) is 0 Å². The van der Waals surface area contributed by atoms with Crippen molar-refractivity contribution < 1.29 is 0 Å². The second kappa shape index (κ2) is 4.88. The summed E-state index contributed by atoms with van der Waals surface area (Å²) in [6.07, 6.45) is 4.15. The first-order valence-electron chi connectivity index (χ1n) is 3.44. The quantitative estimate of drug-likeness (QED) is 0.382. The SMILES string of the molecule is CC#C/C(C)=C/C(C)=C/C. The van der Waals surface area contributed by atoms with Crippen molar-refractivity contribution in [2.45, 2.75) is 27.7 Å². The molecule has 0 nitrogen and oxygen atoms in total. The van der Waals surface area contributed by atoms with Gasteiger partial charge in [0, 0.05) is 0 Å². The molecular weight excluding hydrogens is 120 g/mol. The number of allylic oxidation sites excluding steroid dienone is 4. The second-order valence-electron chi connectivity index (χ2n) is 2.24. The molecule has 10 heavy (non-hydrogen) atoms. The number of rotatable bonds is 1. The Labute approximate surface area is 63.6 Å². The molecule has 0 aromatic heterocycles. The molecule has 0 bridgehead atoms. The minimum Gasteiger partial charge on any atom is -0.102 e. The minimum atomic E-state index is 1.12. The van der Waals surface area contributed by atoms with Crippen LogP contribution in [0.5, 0.6) is 0 Å². The fourth-order valence-corrected chi connectivity index (χ4v) is 0.658. The molecule has 0 aliphatic rings. The van der Waals surface area contributed by atoms with Crippen molar-refractivity contribution >= 4 is 0 Å². The highest BCUT2D eigenvalue weighted by Crippen LogP contribution is 1.99. The predicted octanol–water partition coefficient (Wildman–Crippen LogP) is 2.92. The van der Waals surface area contributed by atoms with Crippen LogP contribution >= 0.6 is 0 Å². The van der Waals surface area contributed by atoms with Crippen LogP contribution in [-0.2, 0) is 0 Å². The van der Waals surface area contributed by atoms with Crippen molar-refractivity contribution in [3.63, 3.8) is 0 Å². The van der Waals surface area contributed by atoms with Gasteiger partial charge in [-0.05, 0) is 39.3 Å². The smallest absolute Gasteiger partial charge is 0.000841 e. The molecule has 0 saturated heterocycles. The first-order chi connectivity index (χ1) is 4.70. The van der Waals surface area contributed by atoms with Gasteiger partial charge in [0.05, 0.1) is 0 Å². The van der Waals surface area contributed by atoms with Gasteiger partial charge in [-0.25, -0.2) is 0 Å². The molecule has 0 saturated carbocycles. The Hall–Kier alpha value is -0.960. The van der Waals surface area contributed by atoms with E-state index in [1.165, 1.54) is 5.57 Å². The molecule has 0 unspecified atom stereocenters. The normalized spacial score (nSPS) is 12.4. The van der Waals surface area contributed by atoms with E-state index >= 15 is 0 Å². The molecule has 0 aromatic rings. The zero-order valence-electron chi connectivity index (χ0n) is 7.15. The molecule has 54 valence electrons. The van der Waals surface area contributed by atoms with Crippen LogP contribution in [-0.4, -0.2) is 0 Å². The van der Waals surface area contributed by atoms with Crippen molar-refractivity contribution in [2.24, 2.45) is 0 Å². The fraction of sp³-hybridized carbons (Fsp3) is 0.400. The minimum absolute atomic E-state index is 1.12. The molecule has 0 atom stereocenters. The summed E-state index contributed by atoms with van der Waals surface area (Å²) < 4.78 is 0. The highest BCUT2D eigenvalue weighted by Gasteiger charge is 1.80. The third-order valence-corrected chi connectivity index (χ3v) is 1.22. The van der Waals surface area contributed by atoms with Gasteiger partial charge in [0.25, 0.3) is 0 Å². The van der Waals surface area contributed by atoms with Crippen molar-refractivity contribution in [1.29, 1.82) is 0 Å². The lowest BCUT2D eigenvalue weighted by Gasteiger charge is -1.88. The van der Waals surface area contributed by atoms with Gasteiger partial charge in [-0.3, -0.25) is 0 Å². The molecule has 0 fully saturated rings. The maximum atomic E-state index is 2.98. The van der Waals surface area contributed by atoms with Crippen LogP contribution in [0.3, 0.4) is 0 Å². The third kappa shape index (κ3) is 3.97. The summed E-state index contributed by atoms with van der Waals surface area (Å²) in [5.74, 6) is 5.83. The number of hydrogen-bond donors (Lipinski definition) is 0. The van der Waals surface area contributed by atoms with Gasteiger partial charge in [-0.2, -0.15) is 0 Å². The lowest BCUT2D eigenvalue weighted by Crippen LogP contribution is -1.71. The van der Waals surface area contributed by atoms with Gasteiger partial charge in [-0.1, -0.05) is 17.6 Å². The van der Waals surface area contributed by atoms with E-state index in [1.807, 2.05) is 20.8 Å². The number of hydrogen-bond acceptors (Lipinski definition) is 0. The molecule has 0 N–H and O–H groups in total. The van der Waals surface area contributed by atoms with Crippen LogP contribution in [0.15, 0.2) is 23.3 Å². The molecule has 0 heteroatoms. The van der Waals surface area contributed by atoms with E-state index in [4.69, 9.17) is 0 Å². The molecule has 0 aliphatic carbocycles. The van der Waals surface area contributed by atoms with Crippen LogP contribution in [0.2, 0.25) is 0 Å². The molecule has 0 amide bonds. The maximum Gasteiger partial charge on any atom is -0.000841 e. The van der Waals surface area contributed by atoms with Crippen LogP contribution in [0.25, 0.3) is 0 Å². The van der Waals surface area contributed by atoms with Crippen molar-refractivity contribution in [1.82, 2.24) is 0 Å². The summed E-state index contributed by atoms with van der Waals surface area (Å²) in [5.41, 5.74) is 2.39. The molecule has 0 aliphatic heterocycles. The van der Waals surface area contributed by atoms with Gasteiger partial charge in [0.1, 0.15) is 0 Å². The van der Waals surface area contributed by atoms with Crippen LogP contribution in [0, 0.1) is 11.8 Å². The van der Waals surface area contributed by atoms with Crippen LogP contribution < -0.4 is 0 Å². The Bertz CT molecular complexity index is 206. The zero-order chi connectivity index (χ0) is 7.98. The predicted molar refractivity (Wildman–Crippen MR) is 46.6 cm³/mol. The summed E-state index contributed by atoms with van der Waals surface area (Å²) in [4.78, 5) is 0. The fourth-order valence-electron chi connectivity index (χ4n) is 0.658. The van der Waals surface area contributed by atoms with Gasteiger partial charge in [-0.15, -0.1) is 5.92 Å². The molecule has 0 heterocycles. The van der Waals surface area contributed by atoms with E-state index in [0.717, 1.165) is 5.57 Å². The average Bonchev–Trinajstić information content (AvgIpc) is 1.88. The summed E-state index contributed by atoms with van der Waals surface area (Å²) >= 11 is 0. The summed E-state index contributed by atoms with van der Waals surface area (Å²) in [5, 5.41) is 0. The topological polar surface area (TPSA) is 0 Å². The molecule has 0 spiro atoms. The van der Waals surface area contributed by atoms with Gasteiger partial charge >= 0.3 is 0 Å². The van der Waals surface area contributed by atoms with E-state index in [-0.39, 0.29) is 0 Å². The Morgan fingerprint density at radius 3 is 2.30 bits per heavy atom. The first-order valence-corrected chi connectivity index (χ1v) is 3.44. The standard InChI is InChI=1S/C10H14/c1-5-7-10(4)8-9(3)6-2/h6,8H,1-4H3/b9-6+,10-8+. The molecule has 0 rings (SSSR count). The van der Waals surface area contributed by atoms with Crippen molar-refractivity contribution in [3.8, 4) is 11.8 Å². The molecule has 0 radical (unpaired) electrons. The highest BCUT2D eigenvalue weighted by atomic mass is 13.9. The largest absolute Gasteiger partial charge is 0.102 e. The monoisotopic (exact) mass is 134 g/mol. The van der Waals surface area contributed by atoms with E-state index in [9.17, 15) is 0 Å². The lowest BCUT2D eigenvalue weighted by molar-refractivity contribution is 1.43. The Morgan fingerprint density at radius 1 is 1.30 bits per heavy atom. The van der Waals surface area contributed by atoms with Crippen molar-refractivity contribution in [3.05, 3.63) is 23.3 Å². The Morgan fingerprint density at radius 2 is 1.90 bits per heavy atom. The molecule has 0 aromatic carbocycles. The van der Waals surface area contributed by atoms with E-state index < -0.39 is 0 Å². The first kappa shape index (κ1) is 9.04. The average molecular weight is 134 g/mol. The second-order valence-corrected chi connectivity index (χ2v) is 2.24. The van der Waals surface area contributed by atoms with E-state index in [0.29, 0.717) is 0 Å². The van der Waals surface area contributed by atoms with Gasteiger partial charge < -0.3 is 0 Å². The third-order valence-electron chi connectivity index (χ3n) is 1.22.